The Kier molecular flexibility index (Phi) is 6.20. The van der Waals surface area contributed by atoms with Gasteiger partial charge in [-0.1, -0.05) is 60.5 Å². The molecule has 0 aromatic heterocycles. The lowest BCUT2D eigenvalue weighted by atomic mass is 9.97. The first kappa shape index (κ1) is 19.2. The number of carbonyl (C=O) groups excluding carboxylic acids is 1. The van der Waals surface area contributed by atoms with Crippen molar-refractivity contribution in [2.75, 3.05) is 13.2 Å². The first-order chi connectivity index (χ1) is 12.6. The fraction of sp³-hybridized carbons (Fsp3) is 0.350. The van der Waals surface area contributed by atoms with Gasteiger partial charge in [-0.05, 0) is 30.2 Å². The van der Waals surface area contributed by atoms with Crippen molar-refractivity contribution in [2.24, 2.45) is 0 Å². The van der Waals surface area contributed by atoms with E-state index in [4.69, 9.17) is 27.9 Å². The number of hydrogen-bond acceptors (Lipinski definition) is 3. The maximum absolute atomic E-state index is 13.3. The molecule has 0 bridgehead atoms. The number of nitrogens with zero attached hydrogens (tertiary/aromatic N) is 1. The summed E-state index contributed by atoms with van der Waals surface area (Å²) in [7, 11) is 0. The molecule has 1 N–H and O–H groups in total. The molecule has 1 fully saturated rings. The number of ether oxygens (including phenoxy) is 1. The number of benzene rings is 2. The van der Waals surface area contributed by atoms with E-state index in [1.54, 1.807) is 29.2 Å². The summed E-state index contributed by atoms with van der Waals surface area (Å²) in [5.74, 6) is -0.190. The van der Waals surface area contributed by atoms with Crippen LogP contribution in [-0.2, 0) is 9.53 Å². The summed E-state index contributed by atoms with van der Waals surface area (Å²) in [5, 5.41) is 11.0. The zero-order chi connectivity index (χ0) is 18.7. The van der Waals surface area contributed by atoms with Crippen LogP contribution in [0.2, 0.25) is 10.0 Å². The molecule has 2 aromatic rings. The monoisotopic (exact) mass is 393 g/mol. The molecule has 2 aromatic carbocycles. The molecule has 3 atom stereocenters. The number of rotatable bonds is 5. The van der Waals surface area contributed by atoms with Gasteiger partial charge in [0.15, 0.2) is 6.10 Å². The SMILES string of the molecule is CC[C@@H](CO)N1C(=O)C(c2ccccc2Cl)OCC1c1ccc(Cl)cc1. The van der Waals surface area contributed by atoms with E-state index in [1.807, 2.05) is 31.2 Å². The summed E-state index contributed by atoms with van der Waals surface area (Å²) in [4.78, 5) is 15.0. The van der Waals surface area contributed by atoms with Crippen molar-refractivity contribution >= 4 is 29.1 Å². The van der Waals surface area contributed by atoms with E-state index in [0.717, 1.165) is 5.56 Å². The predicted octanol–water partition coefficient (Wildman–Crippen LogP) is 4.41. The second-order valence-electron chi connectivity index (χ2n) is 6.29. The first-order valence-corrected chi connectivity index (χ1v) is 9.37. The minimum atomic E-state index is -0.771. The van der Waals surface area contributed by atoms with Crippen LogP contribution in [0.25, 0.3) is 0 Å². The molecule has 6 heteroatoms. The van der Waals surface area contributed by atoms with Crippen molar-refractivity contribution in [2.45, 2.75) is 31.5 Å². The van der Waals surface area contributed by atoms with Gasteiger partial charge in [-0.15, -0.1) is 0 Å². The van der Waals surface area contributed by atoms with Crippen molar-refractivity contribution in [1.29, 1.82) is 0 Å². The Labute approximate surface area is 163 Å². The molecule has 1 amide bonds. The van der Waals surface area contributed by atoms with E-state index in [0.29, 0.717) is 28.6 Å². The first-order valence-electron chi connectivity index (χ1n) is 8.61. The minimum absolute atomic E-state index is 0.110. The molecule has 0 radical (unpaired) electrons. The van der Waals surface area contributed by atoms with E-state index in [1.165, 1.54) is 0 Å². The van der Waals surface area contributed by atoms with Crippen LogP contribution in [0.5, 0.6) is 0 Å². The number of morpholine rings is 1. The Bertz CT molecular complexity index is 762. The fourth-order valence-corrected chi connectivity index (χ4v) is 3.69. The Morgan fingerprint density at radius 2 is 1.88 bits per heavy atom. The van der Waals surface area contributed by atoms with Crippen molar-refractivity contribution in [1.82, 2.24) is 4.90 Å². The van der Waals surface area contributed by atoms with Crippen LogP contribution in [0.1, 0.15) is 36.6 Å². The van der Waals surface area contributed by atoms with Gasteiger partial charge in [-0.25, -0.2) is 0 Å². The number of halogens is 2. The maximum Gasteiger partial charge on any atom is 0.257 e. The second-order valence-corrected chi connectivity index (χ2v) is 7.14. The largest absolute Gasteiger partial charge is 0.394 e. The summed E-state index contributed by atoms with van der Waals surface area (Å²) in [6.07, 6.45) is -0.130. The highest BCUT2D eigenvalue weighted by Crippen LogP contribution is 2.37. The van der Waals surface area contributed by atoms with Gasteiger partial charge in [0.2, 0.25) is 0 Å². The van der Waals surface area contributed by atoms with Crippen molar-refractivity contribution in [3.63, 3.8) is 0 Å². The molecule has 0 saturated carbocycles. The molecule has 1 aliphatic heterocycles. The Morgan fingerprint density at radius 3 is 2.50 bits per heavy atom. The number of carbonyl (C=O) groups is 1. The van der Waals surface area contributed by atoms with E-state index >= 15 is 0 Å². The average molecular weight is 394 g/mol. The maximum atomic E-state index is 13.3. The Morgan fingerprint density at radius 1 is 1.19 bits per heavy atom. The van der Waals surface area contributed by atoms with Crippen LogP contribution >= 0.6 is 23.2 Å². The highest BCUT2D eigenvalue weighted by molar-refractivity contribution is 6.31. The van der Waals surface area contributed by atoms with Crippen LogP contribution < -0.4 is 0 Å². The van der Waals surface area contributed by atoms with Crippen LogP contribution in [0.15, 0.2) is 48.5 Å². The van der Waals surface area contributed by atoms with E-state index < -0.39 is 6.10 Å². The number of hydrogen-bond donors (Lipinski definition) is 1. The van der Waals surface area contributed by atoms with Crippen molar-refractivity contribution in [3.8, 4) is 0 Å². The van der Waals surface area contributed by atoms with Crippen LogP contribution in [0.3, 0.4) is 0 Å². The van der Waals surface area contributed by atoms with Crippen LogP contribution in [0.4, 0.5) is 0 Å². The lowest BCUT2D eigenvalue weighted by Crippen LogP contribution is -2.52. The van der Waals surface area contributed by atoms with E-state index in [-0.39, 0.29) is 24.6 Å². The highest BCUT2D eigenvalue weighted by atomic mass is 35.5. The second kappa shape index (κ2) is 8.40. The summed E-state index contributed by atoms with van der Waals surface area (Å²) in [5.41, 5.74) is 1.57. The normalized spacial score (nSPS) is 21.7. The summed E-state index contributed by atoms with van der Waals surface area (Å²) >= 11 is 12.3. The number of amides is 1. The highest BCUT2D eigenvalue weighted by Gasteiger charge is 2.41. The molecule has 0 aliphatic carbocycles. The van der Waals surface area contributed by atoms with Gasteiger partial charge < -0.3 is 14.7 Å². The number of aliphatic hydroxyl groups excluding tert-OH is 1. The van der Waals surface area contributed by atoms with Gasteiger partial charge in [0.1, 0.15) is 0 Å². The van der Waals surface area contributed by atoms with Gasteiger partial charge in [0.25, 0.3) is 5.91 Å². The molecule has 1 saturated heterocycles. The Balaban J connectivity index is 1.97. The molecule has 26 heavy (non-hydrogen) atoms. The third kappa shape index (κ3) is 3.74. The van der Waals surface area contributed by atoms with Crippen molar-refractivity contribution < 1.29 is 14.6 Å². The summed E-state index contributed by atoms with van der Waals surface area (Å²) in [6, 6.07) is 14.0. The summed E-state index contributed by atoms with van der Waals surface area (Å²) < 4.78 is 5.93. The molecule has 0 spiro atoms. The van der Waals surface area contributed by atoms with Gasteiger partial charge in [0.05, 0.1) is 25.3 Å². The molecule has 2 unspecified atom stereocenters. The molecule has 4 nitrogen and oxygen atoms in total. The van der Waals surface area contributed by atoms with E-state index in [9.17, 15) is 9.90 Å². The molecule has 138 valence electrons. The molecular formula is C20H21Cl2NO3. The zero-order valence-corrected chi connectivity index (χ0v) is 16.0. The van der Waals surface area contributed by atoms with Crippen LogP contribution in [-0.4, -0.2) is 35.2 Å². The lowest BCUT2D eigenvalue weighted by molar-refractivity contribution is -0.166. The fourth-order valence-electron chi connectivity index (χ4n) is 3.33. The van der Waals surface area contributed by atoms with Gasteiger partial charge in [0, 0.05) is 15.6 Å². The van der Waals surface area contributed by atoms with Crippen LogP contribution in [0, 0.1) is 0 Å². The van der Waals surface area contributed by atoms with E-state index in [2.05, 4.69) is 0 Å². The standard InChI is InChI=1S/C20H21Cl2NO3/c1-2-15(11-24)23-18(13-7-9-14(21)10-8-13)12-26-19(20(23)25)16-5-3-4-6-17(16)22/h3-10,15,18-19,24H,2,11-12H2,1H3/t15-,18?,19?/m0/s1. The molecule has 3 rings (SSSR count). The molecular weight excluding hydrogens is 373 g/mol. The smallest absolute Gasteiger partial charge is 0.257 e. The van der Waals surface area contributed by atoms with Gasteiger partial charge in [-0.2, -0.15) is 0 Å². The third-order valence-corrected chi connectivity index (χ3v) is 5.35. The zero-order valence-electron chi connectivity index (χ0n) is 14.4. The van der Waals surface area contributed by atoms with Gasteiger partial charge in [-0.3, -0.25) is 4.79 Å². The topological polar surface area (TPSA) is 49.8 Å². The molecule has 1 heterocycles. The quantitative estimate of drug-likeness (QED) is 0.818. The van der Waals surface area contributed by atoms with Gasteiger partial charge >= 0.3 is 0 Å². The van der Waals surface area contributed by atoms with Crippen molar-refractivity contribution in [3.05, 3.63) is 69.7 Å². The Hall–Kier alpha value is -1.59. The molecule has 1 aliphatic rings. The average Bonchev–Trinajstić information content (AvgIpc) is 2.65. The minimum Gasteiger partial charge on any atom is -0.394 e. The third-order valence-electron chi connectivity index (χ3n) is 4.75. The summed E-state index contributed by atoms with van der Waals surface area (Å²) in [6.45, 7) is 2.16. The predicted molar refractivity (Wildman–Crippen MR) is 102 cm³/mol. The number of aliphatic hydroxyl groups is 1. The lowest BCUT2D eigenvalue weighted by Gasteiger charge is -2.43.